The average Bonchev–Trinajstić information content (AvgIpc) is 2.72. The Morgan fingerprint density at radius 1 is 1.45 bits per heavy atom. The van der Waals surface area contributed by atoms with Crippen molar-refractivity contribution in [2.75, 3.05) is 12.3 Å². The molecule has 3 N–H and O–H groups in total. The molecule has 2 aromatic rings. The van der Waals surface area contributed by atoms with Gasteiger partial charge in [-0.05, 0) is 37.0 Å². The van der Waals surface area contributed by atoms with Crippen LogP contribution in [0.2, 0.25) is 0 Å². The highest BCUT2D eigenvalue weighted by Crippen LogP contribution is 2.35. The lowest BCUT2D eigenvalue weighted by Gasteiger charge is -2.06. The first-order valence-electron chi connectivity index (χ1n) is 6.74. The van der Waals surface area contributed by atoms with Gasteiger partial charge < -0.3 is 11.1 Å². The summed E-state index contributed by atoms with van der Waals surface area (Å²) in [6.07, 6.45) is 2.12. The fraction of sp³-hybridized carbons (Fsp3) is 0.400. The van der Waals surface area contributed by atoms with E-state index in [0.29, 0.717) is 23.0 Å². The van der Waals surface area contributed by atoms with Gasteiger partial charge in [-0.25, -0.2) is 0 Å². The number of carbonyl (C=O) groups is 1. The summed E-state index contributed by atoms with van der Waals surface area (Å²) in [5, 5.41) is 3.89. The summed E-state index contributed by atoms with van der Waals surface area (Å²) in [5.41, 5.74) is 6.67. The molecule has 1 heterocycles. The van der Waals surface area contributed by atoms with Gasteiger partial charge in [0.2, 0.25) is 0 Å². The van der Waals surface area contributed by atoms with Crippen LogP contribution >= 0.6 is 27.3 Å². The molecule has 0 aliphatic carbocycles. The maximum absolute atomic E-state index is 12.2. The smallest absolute Gasteiger partial charge is 0.263 e. The van der Waals surface area contributed by atoms with Crippen molar-refractivity contribution in [2.24, 2.45) is 5.92 Å². The van der Waals surface area contributed by atoms with E-state index in [4.69, 9.17) is 5.73 Å². The van der Waals surface area contributed by atoms with Crippen LogP contribution in [0.3, 0.4) is 0 Å². The van der Waals surface area contributed by atoms with Crippen LogP contribution < -0.4 is 11.1 Å². The minimum Gasteiger partial charge on any atom is -0.397 e. The van der Waals surface area contributed by atoms with Crippen molar-refractivity contribution >= 4 is 48.9 Å². The molecule has 0 saturated heterocycles. The van der Waals surface area contributed by atoms with Crippen LogP contribution in [0, 0.1) is 5.92 Å². The summed E-state index contributed by atoms with van der Waals surface area (Å²) in [6.45, 7) is 5.07. The first-order valence-corrected chi connectivity index (χ1v) is 8.35. The summed E-state index contributed by atoms with van der Waals surface area (Å²) in [7, 11) is 0. The van der Waals surface area contributed by atoms with E-state index >= 15 is 0 Å². The summed E-state index contributed by atoms with van der Waals surface area (Å²) >= 11 is 4.87. The second-order valence-electron chi connectivity index (χ2n) is 5.28. The summed E-state index contributed by atoms with van der Waals surface area (Å²) in [6, 6.07) is 5.90. The van der Waals surface area contributed by atoms with Crippen LogP contribution in [0.25, 0.3) is 10.1 Å². The molecule has 1 amide bonds. The van der Waals surface area contributed by atoms with Gasteiger partial charge in [-0.1, -0.05) is 29.8 Å². The van der Waals surface area contributed by atoms with Gasteiger partial charge in [0.1, 0.15) is 4.88 Å². The maximum atomic E-state index is 12.2. The number of benzene rings is 1. The van der Waals surface area contributed by atoms with Gasteiger partial charge in [-0.2, -0.15) is 0 Å². The predicted octanol–water partition coefficient (Wildman–Crippen LogP) is 4.41. The van der Waals surface area contributed by atoms with Crippen molar-refractivity contribution in [3.8, 4) is 0 Å². The molecule has 3 nitrogen and oxygen atoms in total. The van der Waals surface area contributed by atoms with Crippen molar-refractivity contribution < 1.29 is 4.79 Å². The van der Waals surface area contributed by atoms with E-state index in [2.05, 4.69) is 35.1 Å². The van der Waals surface area contributed by atoms with E-state index < -0.39 is 0 Å². The molecule has 5 heteroatoms. The number of rotatable bonds is 5. The normalized spacial score (nSPS) is 11.2. The number of fused-ring (bicyclic) bond motifs is 1. The SMILES string of the molecule is CC(C)CCCNC(=O)c1sc2ccc(Br)cc2c1N. The largest absolute Gasteiger partial charge is 0.397 e. The van der Waals surface area contributed by atoms with Crippen molar-refractivity contribution in [1.29, 1.82) is 0 Å². The number of hydrogen-bond acceptors (Lipinski definition) is 3. The molecular formula is C15H19BrN2OS. The second kappa shape index (κ2) is 6.59. The quantitative estimate of drug-likeness (QED) is 0.781. The lowest BCUT2D eigenvalue weighted by Crippen LogP contribution is -2.24. The lowest BCUT2D eigenvalue weighted by molar-refractivity contribution is 0.0957. The molecule has 108 valence electrons. The Labute approximate surface area is 131 Å². The van der Waals surface area contributed by atoms with E-state index in [1.165, 1.54) is 11.3 Å². The molecule has 0 fully saturated rings. The molecule has 0 aliphatic rings. The Bertz CT molecular complexity index is 622. The van der Waals surface area contributed by atoms with Gasteiger partial charge in [-0.15, -0.1) is 11.3 Å². The number of thiophene rings is 1. The Kier molecular flexibility index (Phi) is 5.05. The van der Waals surface area contributed by atoms with E-state index in [1.54, 1.807) is 0 Å². The standard InChI is InChI=1S/C15H19BrN2OS/c1-9(2)4-3-7-18-15(19)14-13(17)11-8-10(16)5-6-12(11)20-14/h5-6,8-9H,3-4,7,17H2,1-2H3,(H,18,19). The van der Waals surface area contributed by atoms with Gasteiger partial charge >= 0.3 is 0 Å². The average molecular weight is 355 g/mol. The molecule has 0 radical (unpaired) electrons. The number of anilines is 1. The Hall–Kier alpha value is -1.07. The summed E-state index contributed by atoms with van der Waals surface area (Å²) < 4.78 is 2.01. The van der Waals surface area contributed by atoms with Crippen molar-refractivity contribution in [3.63, 3.8) is 0 Å². The van der Waals surface area contributed by atoms with Crippen LogP contribution in [0.15, 0.2) is 22.7 Å². The number of nitrogens with one attached hydrogen (secondary N) is 1. The third kappa shape index (κ3) is 3.52. The molecule has 0 atom stereocenters. The minimum atomic E-state index is -0.0661. The lowest BCUT2D eigenvalue weighted by atomic mass is 10.1. The van der Waals surface area contributed by atoms with Crippen LogP contribution in [-0.4, -0.2) is 12.5 Å². The van der Waals surface area contributed by atoms with Crippen molar-refractivity contribution in [2.45, 2.75) is 26.7 Å². The fourth-order valence-electron chi connectivity index (χ4n) is 2.05. The van der Waals surface area contributed by atoms with Gasteiger partial charge in [0.15, 0.2) is 0 Å². The highest BCUT2D eigenvalue weighted by Gasteiger charge is 2.16. The van der Waals surface area contributed by atoms with Crippen LogP contribution in [0.1, 0.15) is 36.4 Å². The topological polar surface area (TPSA) is 55.1 Å². The number of amides is 1. The third-order valence-corrected chi connectivity index (χ3v) is 4.82. The molecule has 1 aromatic heterocycles. The van der Waals surface area contributed by atoms with E-state index in [1.807, 2.05) is 18.2 Å². The molecule has 0 aliphatic heterocycles. The molecule has 1 aromatic carbocycles. The predicted molar refractivity (Wildman–Crippen MR) is 90.3 cm³/mol. The van der Waals surface area contributed by atoms with E-state index in [9.17, 15) is 4.79 Å². The third-order valence-electron chi connectivity index (χ3n) is 3.14. The van der Waals surface area contributed by atoms with Crippen molar-refractivity contribution in [3.05, 3.63) is 27.5 Å². The van der Waals surface area contributed by atoms with Crippen LogP contribution in [0.4, 0.5) is 5.69 Å². The molecule has 0 unspecified atom stereocenters. The summed E-state index contributed by atoms with van der Waals surface area (Å²) in [4.78, 5) is 12.8. The fourth-order valence-corrected chi connectivity index (χ4v) is 3.43. The minimum absolute atomic E-state index is 0.0661. The molecule has 20 heavy (non-hydrogen) atoms. The molecule has 0 spiro atoms. The molecular weight excluding hydrogens is 336 g/mol. The highest BCUT2D eigenvalue weighted by molar-refractivity contribution is 9.10. The zero-order valence-corrected chi connectivity index (χ0v) is 14.1. The Balaban J connectivity index is 2.08. The van der Waals surface area contributed by atoms with Crippen molar-refractivity contribution in [1.82, 2.24) is 5.32 Å². The van der Waals surface area contributed by atoms with E-state index in [0.717, 1.165) is 27.4 Å². The van der Waals surface area contributed by atoms with Crippen LogP contribution in [-0.2, 0) is 0 Å². The molecule has 0 bridgehead atoms. The number of nitrogen functional groups attached to an aromatic ring is 1. The maximum Gasteiger partial charge on any atom is 0.263 e. The monoisotopic (exact) mass is 354 g/mol. The van der Waals surface area contributed by atoms with Crippen LogP contribution in [0.5, 0.6) is 0 Å². The number of nitrogens with two attached hydrogens (primary N) is 1. The summed E-state index contributed by atoms with van der Waals surface area (Å²) in [5.74, 6) is 0.599. The second-order valence-corrected chi connectivity index (χ2v) is 7.25. The highest BCUT2D eigenvalue weighted by atomic mass is 79.9. The number of halogens is 1. The first-order chi connectivity index (χ1) is 9.49. The molecule has 0 saturated carbocycles. The zero-order valence-electron chi connectivity index (χ0n) is 11.7. The first kappa shape index (κ1) is 15.3. The number of hydrogen-bond donors (Lipinski definition) is 2. The van der Waals surface area contributed by atoms with Gasteiger partial charge in [0.25, 0.3) is 5.91 Å². The zero-order chi connectivity index (χ0) is 14.7. The van der Waals surface area contributed by atoms with E-state index in [-0.39, 0.29) is 5.91 Å². The number of carbonyl (C=O) groups excluding carboxylic acids is 1. The molecule has 2 rings (SSSR count). The Morgan fingerprint density at radius 3 is 2.90 bits per heavy atom. The van der Waals surface area contributed by atoms with Gasteiger partial charge in [-0.3, -0.25) is 4.79 Å². The Morgan fingerprint density at radius 2 is 2.20 bits per heavy atom. The van der Waals surface area contributed by atoms with Gasteiger partial charge in [0, 0.05) is 21.1 Å². The van der Waals surface area contributed by atoms with Gasteiger partial charge in [0.05, 0.1) is 5.69 Å².